The van der Waals surface area contributed by atoms with E-state index in [4.69, 9.17) is 0 Å². The molecule has 0 fully saturated rings. The largest absolute Gasteiger partial charge is 0.416 e. The van der Waals surface area contributed by atoms with Crippen LogP contribution < -0.4 is 0 Å². The van der Waals surface area contributed by atoms with Crippen LogP contribution in [0.25, 0.3) is 0 Å². The van der Waals surface area contributed by atoms with Crippen molar-refractivity contribution < 1.29 is 30.7 Å². The summed E-state index contributed by atoms with van der Waals surface area (Å²) in [5.41, 5.74) is -3.10. The molecule has 0 aliphatic carbocycles. The van der Waals surface area contributed by atoms with Gasteiger partial charge in [-0.15, -0.1) is 0 Å². The molecule has 9 heteroatoms. The highest BCUT2D eigenvalue weighted by atomic mass is 19.4. The molecular formula is C19H17F7N2. The summed E-state index contributed by atoms with van der Waals surface area (Å²) in [7, 11) is 1.62. The Bertz CT molecular complexity index is 854. The standard InChI is InChI=1S/C19H17F7N2/c1-3-28(2)11-27-17-10-15(19(24,25)26)13(9-16(17)20)7-12-5-4-6-14(8-12)18(21,22)23/h4-6,8-11H,3,7H2,1-2H3. The Hall–Kier alpha value is -2.58. The van der Waals surface area contributed by atoms with Crippen molar-refractivity contribution in [1.29, 1.82) is 0 Å². The first-order chi connectivity index (χ1) is 12.9. The molecule has 152 valence electrons. The van der Waals surface area contributed by atoms with Gasteiger partial charge in [-0.05, 0) is 42.7 Å². The first-order valence-corrected chi connectivity index (χ1v) is 8.22. The summed E-state index contributed by atoms with van der Waals surface area (Å²) < 4.78 is 93.0. The van der Waals surface area contributed by atoms with Crippen molar-refractivity contribution in [1.82, 2.24) is 4.90 Å². The number of benzene rings is 2. The van der Waals surface area contributed by atoms with E-state index < -0.39 is 47.0 Å². The van der Waals surface area contributed by atoms with Crippen molar-refractivity contribution in [3.05, 3.63) is 64.5 Å². The van der Waals surface area contributed by atoms with Crippen LogP contribution in [0.2, 0.25) is 0 Å². The highest BCUT2D eigenvalue weighted by Gasteiger charge is 2.35. The van der Waals surface area contributed by atoms with E-state index in [0.717, 1.165) is 18.2 Å². The quantitative estimate of drug-likeness (QED) is 0.335. The normalized spacial score (nSPS) is 12.6. The van der Waals surface area contributed by atoms with E-state index in [2.05, 4.69) is 4.99 Å². The average Bonchev–Trinajstić information content (AvgIpc) is 2.59. The highest BCUT2D eigenvalue weighted by molar-refractivity contribution is 5.62. The third kappa shape index (κ3) is 5.46. The van der Waals surface area contributed by atoms with Crippen LogP contribution in [0.15, 0.2) is 41.4 Å². The van der Waals surface area contributed by atoms with E-state index in [9.17, 15) is 30.7 Å². The van der Waals surface area contributed by atoms with Gasteiger partial charge in [0.25, 0.3) is 0 Å². The Morgan fingerprint density at radius 3 is 2.25 bits per heavy atom. The molecule has 0 amide bonds. The maximum Gasteiger partial charge on any atom is 0.416 e. The molecule has 0 aliphatic rings. The summed E-state index contributed by atoms with van der Waals surface area (Å²) in [5.74, 6) is -0.990. The van der Waals surface area contributed by atoms with Gasteiger partial charge in [-0.2, -0.15) is 26.3 Å². The second kappa shape index (κ2) is 8.20. The number of rotatable bonds is 5. The Morgan fingerprint density at radius 1 is 1.00 bits per heavy atom. The smallest absolute Gasteiger partial charge is 0.366 e. The van der Waals surface area contributed by atoms with Gasteiger partial charge in [-0.1, -0.05) is 18.2 Å². The predicted molar refractivity (Wildman–Crippen MR) is 92.1 cm³/mol. The molecule has 0 saturated heterocycles. The number of aliphatic imine (C=N–C) groups is 1. The lowest BCUT2D eigenvalue weighted by molar-refractivity contribution is -0.139. The van der Waals surface area contributed by atoms with Crippen molar-refractivity contribution in [2.75, 3.05) is 13.6 Å². The molecule has 2 nitrogen and oxygen atoms in total. The number of halogens is 7. The summed E-state index contributed by atoms with van der Waals surface area (Å²) in [6, 6.07) is 5.16. The number of hydrogen-bond donors (Lipinski definition) is 0. The molecule has 2 aromatic rings. The van der Waals surface area contributed by atoms with Crippen molar-refractivity contribution in [2.45, 2.75) is 25.7 Å². The van der Waals surface area contributed by atoms with Crippen molar-refractivity contribution >= 4 is 12.0 Å². The molecule has 0 atom stereocenters. The van der Waals surface area contributed by atoms with E-state index >= 15 is 0 Å². The van der Waals surface area contributed by atoms with Crippen LogP contribution >= 0.6 is 0 Å². The Balaban J connectivity index is 2.47. The van der Waals surface area contributed by atoms with Crippen LogP contribution in [-0.4, -0.2) is 24.8 Å². The maximum atomic E-state index is 14.3. The lowest BCUT2D eigenvalue weighted by Gasteiger charge is -2.16. The van der Waals surface area contributed by atoms with Crippen molar-refractivity contribution in [3.8, 4) is 0 Å². The van der Waals surface area contributed by atoms with Crippen molar-refractivity contribution in [2.24, 2.45) is 4.99 Å². The van der Waals surface area contributed by atoms with Crippen LogP contribution in [0.5, 0.6) is 0 Å². The topological polar surface area (TPSA) is 15.6 Å². The molecule has 0 aliphatic heterocycles. The molecule has 0 radical (unpaired) electrons. The summed E-state index contributed by atoms with van der Waals surface area (Å²) in [6.07, 6.45) is -8.75. The third-order valence-electron chi connectivity index (χ3n) is 4.02. The Labute approximate surface area is 157 Å². The van der Waals surface area contributed by atoms with Gasteiger partial charge in [0, 0.05) is 13.6 Å². The van der Waals surface area contributed by atoms with E-state index in [1.807, 2.05) is 0 Å². The predicted octanol–water partition coefficient (Wildman–Crippen LogP) is 6.07. The molecule has 0 saturated carbocycles. The monoisotopic (exact) mass is 406 g/mol. The van der Waals surface area contributed by atoms with Crippen LogP contribution in [-0.2, 0) is 18.8 Å². The fourth-order valence-corrected chi connectivity index (χ4v) is 2.43. The average molecular weight is 406 g/mol. The molecular weight excluding hydrogens is 389 g/mol. The zero-order valence-electron chi connectivity index (χ0n) is 15.0. The molecule has 0 spiro atoms. The number of nitrogens with zero attached hydrogens (tertiary/aromatic N) is 2. The van der Waals surface area contributed by atoms with Crippen LogP contribution in [0.4, 0.5) is 36.4 Å². The summed E-state index contributed by atoms with van der Waals surface area (Å²) in [5, 5.41) is 0. The van der Waals surface area contributed by atoms with Gasteiger partial charge in [0.05, 0.1) is 17.5 Å². The molecule has 0 N–H and O–H groups in total. The van der Waals surface area contributed by atoms with Gasteiger partial charge >= 0.3 is 12.4 Å². The fraction of sp³-hybridized carbons (Fsp3) is 0.316. The van der Waals surface area contributed by atoms with E-state index in [0.29, 0.717) is 18.7 Å². The molecule has 0 bridgehead atoms. The Kier molecular flexibility index (Phi) is 6.36. The summed E-state index contributed by atoms with van der Waals surface area (Å²) >= 11 is 0. The number of alkyl halides is 6. The van der Waals surface area contributed by atoms with Gasteiger partial charge in [0.15, 0.2) is 0 Å². The van der Waals surface area contributed by atoms with Crippen molar-refractivity contribution in [3.63, 3.8) is 0 Å². The molecule has 2 rings (SSSR count). The summed E-state index contributed by atoms with van der Waals surface area (Å²) in [6.45, 7) is 2.30. The first-order valence-electron chi connectivity index (χ1n) is 8.22. The van der Waals surface area contributed by atoms with Gasteiger partial charge < -0.3 is 4.90 Å². The summed E-state index contributed by atoms with van der Waals surface area (Å²) in [4.78, 5) is 5.27. The van der Waals surface area contributed by atoms with Crippen LogP contribution in [0.3, 0.4) is 0 Å². The second-order valence-corrected chi connectivity index (χ2v) is 6.15. The molecule has 0 aromatic heterocycles. The third-order valence-corrected chi connectivity index (χ3v) is 4.02. The second-order valence-electron chi connectivity index (χ2n) is 6.15. The van der Waals surface area contributed by atoms with E-state index in [-0.39, 0.29) is 5.56 Å². The molecule has 2 aromatic carbocycles. The van der Waals surface area contributed by atoms with Crippen LogP contribution in [0.1, 0.15) is 29.2 Å². The van der Waals surface area contributed by atoms with Gasteiger partial charge in [-0.3, -0.25) is 0 Å². The van der Waals surface area contributed by atoms with Gasteiger partial charge in [-0.25, -0.2) is 9.38 Å². The lowest BCUT2D eigenvalue weighted by atomic mass is 9.97. The van der Waals surface area contributed by atoms with E-state index in [1.54, 1.807) is 18.9 Å². The molecule has 28 heavy (non-hydrogen) atoms. The van der Waals surface area contributed by atoms with Gasteiger partial charge in [0.1, 0.15) is 11.5 Å². The zero-order valence-corrected chi connectivity index (χ0v) is 15.0. The van der Waals surface area contributed by atoms with Crippen LogP contribution in [0, 0.1) is 5.82 Å². The molecule has 0 heterocycles. The van der Waals surface area contributed by atoms with Gasteiger partial charge in [0.2, 0.25) is 0 Å². The van der Waals surface area contributed by atoms with E-state index in [1.165, 1.54) is 12.4 Å². The SMILES string of the molecule is CCN(C)C=Nc1cc(C(F)(F)F)c(Cc2cccc(C(F)(F)F)c2)cc1F. The first kappa shape index (κ1) is 21.7. The maximum absolute atomic E-state index is 14.3. The number of hydrogen-bond acceptors (Lipinski definition) is 1. The highest BCUT2D eigenvalue weighted by Crippen LogP contribution is 2.37. The fourth-order valence-electron chi connectivity index (χ4n) is 2.43. The lowest BCUT2D eigenvalue weighted by Crippen LogP contribution is -2.14. The minimum Gasteiger partial charge on any atom is -0.366 e. The minimum absolute atomic E-state index is 0.0123. The molecule has 0 unspecified atom stereocenters. The minimum atomic E-state index is -4.81. The Morgan fingerprint density at radius 2 is 1.68 bits per heavy atom. The zero-order chi connectivity index (χ0) is 21.1.